The summed E-state index contributed by atoms with van der Waals surface area (Å²) in [6.45, 7) is 2.74. The Morgan fingerprint density at radius 3 is 2.95 bits per heavy atom. The molecule has 1 unspecified atom stereocenters. The second-order valence-corrected chi connectivity index (χ2v) is 6.72. The molecule has 3 rings (SSSR count). The van der Waals surface area contributed by atoms with Crippen LogP contribution in [0.5, 0.6) is 0 Å². The van der Waals surface area contributed by atoms with Gasteiger partial charge < -0.3 is 20.9 Å². The van der Waals surface area contributed by atoms with E-state index in [2.05, 4.69) is 25.8 Å². The lowest BCUT2D eigenvalue weighted by Gasteiger charge is -2.40. The van der Waals surface area contributed by atoms with Crippen LogP contribution >= 0.6 is 0 Å². The van der Waals surface area contributed by atoms with E-state index in [0.29, 0.717) is 12.5 Å². The molecule has 22 heavy (non-hydrogen) atoms. The van der Waals surface area contributed by atoms with Gasteiger partial charge in [-0.15, -0.1) is 0 Å². The van der Waals surface area contributed by atoms with Gasteiger partial charge in [0.25, 0.3) is 0 Å². The van der Waals surface area contributed by atoms with E-state index in [4.69, 9.17) is 0 Å². The Labute approximate surface area is 130 Å². The topological polar surface area (TPSA) is 85.8 Å². The number of nitrogens with one attached hydrogen (secondary N) is 3. The van der Waals surface area contributed by atoms with Crippen molar-refractivity contribution in [1.29, 1.82) is 0 Å². The number of piperidine rings is 1. The van der Waals surface area contributed by atoms with Crippen molar-refractivity contribution in [3.05, 3.63) is 0 Å². The minimum Gasteiger partial charge on any atom is -0.355 e. The highest BCUT2D eigenvalue weighted by molar-refractivity contribution is 5.87. The molecule has 1 aliphatic carbocycles. The number of likely N-dealkylation sites (tertiary alicyclic amines) is 1. The van der Waals surface area contributed by atoms with Gasteiger partial charge in [0.2, 0.25) is 11.8 Å². The van der Waals surface area contributed by atoms with Crippen LogP contribution in [0, 0.1) is 5.41 Å². The molecule has 2 saturated heterocycles. The van der Waals surface area contributed by atoms with E-state index >= 15 is 0 Å². The molecule has 3 N–H and O–H groups in total. The van der Waals surface area contributed by atoms with Crippen LogP contribution in [0.4, 0.5) is 0 Å². The maximum absolute atomic E-state index is 11.8. The summed E-state index contributed by atoms with van der Waals surface area (Å²) >= 11 is 0. The average Bonchev–Trinajstić information content (AvgIpc) is 3.23. The highest BCUT2D eigenvalue weighted by Gasteiger charge is 2.42. The van der Waals surface area contributed by atoms with Crippen molar-refractivity contribution in [1.82, 2.24) is 20.9 Å². The van der Waals surface area contributed by atoms with E-state index in [0.717, 1.165) is 51.3 Å². The summed E-state index contributed by atoms with van der Waals surface area (Å²) in [6, 6.07) is 0.380. The normalized spacial score (nSPS) is 28.7. The SMILES string of the molecule is CN=C(NCC(=O)NC1CC1)N1CCCC2(CNC(=O)C2)C1. The van der Waals surface area contributed by atoms with E-state index < -0.39 is 0 Å². The molecular formula is C15H25N5O2. The van der Waals surface area contributed by atoms with Crippen LogP contribution in [0.3, 0.4) is 0 Å². The lowest BCUT2D eigenvalue weighted by atomic mass is 9.79. The average molecular weight is 307 g/mol. The fourth-order valence-electron chi connectivity index (χ4n) is 3.43. The Morgan fingerprint density at radius 2 is 2.32 bits per heavy atom. The molecule has 1 saturated carbocycles. The highest BCUT2D eigenvalue weighted by Crippen LogP contribution is 2.35. The summed E-state index contributed by atoms with van der Waals surface area (Å²) in [5.74, 6) is 0.922. The quantitative estimate of drug-likeness (QED) is 0.482. The molecule has 0 radical (unpaired) electrons. The molecule has 2 heterocycles. The van der Waals surface area contributed by atoms with Gasteiger partial charge >= 0.3 is 0 Å². The van der Waals surface area contributed by atoms with Crippen molar-refractivity contribution < 1.29 is 9.59 Å². The van der Waals surface area contributed by atoms with Gasteiger partial charge in [0, 0.05) is 44.6 Å². The molecule has 7 heteroatoms. The molecule has 3 fully saturated rings. The molecule has 1 spiro atoms. The lowest BCUT2D eigenvalue weighted by Crippen LogP contribution is -2.52. The largest absolute Gasteiger partial charge is 0.355 e. The number of rotatable bonds is 3. The standard InChI is InChI=1S/C15H25N5O2/c1-16-14(17-8-13(22)19-11-3-4-11)20-6-2-5-15(10-20)7-12(21)18-9-15/h11H,2-10H2,1H3,(H,16,17)(H,18,21)(H,19,22). The maximum Gasteiger partial charge on any atom is 0.239 e. The Bertz CT molecular complexity index is 488. The molecule has 7 nitrogen and oxygen atoms in total. The van der Waals surface area contributed by atoms with E-state index in [9.17, 15) is 9.59 Å². The molecule has 2 amide bonds. The van der Waals surface area contributed by atoms with Crippen LogP contribution in [0.15, 0.2) is 4.99 Å². The van der Waals surface area contributed by atoms with Gasteiger partial charge in [-0.05, 0) is 25.7 Å². The number of carbonyl (C=O) groups is 2. The predicted octanol–water partition coefficient (Wildman–Crippen LogP) is -0.557. The summed E-state index contributed by atoms with van der Waals surface area (Å²) in [5, 5.41) is 9.06. The van der Waals surface area contributed by atoms with Crippen LogP contribution in [-0.4, -0.2) is 61.9 Å². The lowest BCUT2D eigenvalue weighted by molar-refractivity contribution is -0.120. The molecule has 0 aromatic heterocycles. The number of amides is 2. The van der Waals surface area contributed by atoms with Gasteiger partial charge in [0.15, 0.2) is 5.96 Å². The fraction of sp³-hybridized carbons (Fsp3) is 0.800. The number of aliphatic imine (C=N–C) groups is 1. The monoisotopic (exact) mass is 307 g/mol. The van der Waals surface area contributed by atoms with Gasteiger partial charge in [0.1, 0.15) is 0 Å². The van der Waals surface area contributed by atoms with Crippen molar-refractivity contribution >= 4 is 17.8 Å². The van der Waals surface area contributed by atoms with Crippen molar-refractivity contribution in [2.24, 2.45) is 10.4 Å². The first kappa shape index (κ1) is 15.1. The second-order valence-electron chi connectivity index (χ2n) is 6.72. The van der Waals surface area contributed by atoms with Crippen LogP contribution in [0.1, 0.15) is 32.1 Å². The van der Waals surface area contributed by atoms with Crippen molar-refractivity contribution in [3.8, 4) is 0 Å². The Morgan fingerprint density at radius 1 is 1.50 bits per heavy atom. The van der Waals surface area contributed by atoms with Crippen molar-refractivity contribution in [3.63, 3.8) is 0 Å². The van der Waals surface area contributed by atoms with E-state index in [1.165, 1.54) is 0 Å². The summed E-state index contributed by atoms with van der Waals surface area (Å²) in [7, 11) is 1.74. The van der Waals surface area contributed by atoms with Crippen LogP contribution < -0.4 is 16.0 Å². The molecule has 2 aliphatic heterocycles. The minimum atomic E-state index is 0.0214. The van der Waals surface area contributed by atoms with E-state index in [-0.39, 0.29) is 23.8 Å². The molecule has 3 aliphatic rings. The van der Waals surface area contributed by atoms with E-state index in [1.54, 1.807) is 7.05 Å². The predicted molar refractivity (Wildman–Crippen MR) is 83.4 cm³/mol. The second kappa shape index (κ2) is 6.14. The molecule has 1 atom stereocenters. The number of hydrogen-bond acceptors (Lipinski definition) is 3. The number of guanidine groups is 1. The molecule has 0 bridgehead atoms. The summed E-state index contributed by atoms with van der Waals surface area (Å²) < 4.78 is 0. The zero-order valence-electron chi connectivity index (χ0n) is 13.2. The molecular weight excluding hydrogens is 282 g/mol. The van der Waals surface area contributed by atoms with Gasteiger partial charge in [0.05, 0.1) is 6.54 Å². The Balaban J connectivity index is 1.53. The highest BCUT2D eigenvalue weighted by atomic mass is 16.2. The fourth-order valence-corrected chi connectivity index (χ4v) is 3.43. The van der Waals surface area contributed by atoms with Gasteiger partial charge in [-0.1, -0.05) is 0 Å². The van der Waals surface area contributed by atoms with Crippen LogP contribution in [0.25, 0.3) is 0 Å². The van der Waals surface area contributed by atoms with E-state index in [1.807, 2.05) is 0 Å². The van der Waals surface area contributed by atoms with Gasteiger partial charge in [-0.25, -0.2) is 0 Å². The zero-order chi connectivity index (χ0) is 15.6. The smallest absolute Gasteiger partial charge is 0.239 e. The van der Waals surface area contributed by atoms with Crippen molar-refractivity contribution in [2.45, 2.75) is 38.1 Å². The van der Waals surface area contributed by atoms with Crippen LogP contribution in [0.2, 0.25) is 0 Å². The van der Waals surface area contributed by atoms with Crippen molar-refractivity contribution in [2.75, 3.05) is 33.2 Å². The Hall–Kier alpha value is -1.79. The molecule has 0 aromatic carbocycles. The first-order chi connectivity index (χ1) is 10.6. The first-order valence-corrected chi connectivity index (χ1v) is 8.12. The number of nitrogens with zero attached hydrogens (tertiary/aromatic N) is 2. The zero-order valence-corrected chi connectivity index (χ0v) is 13.2. The third-order valence-corrected chi connectivity index (χ3v) is 4.72. The molecule has 0 aromatic rings. The minimum absolute atomic E-state index is 0.0214. The first-order valence-electron chi connectivity index (χ1n) is 8.12. The van der Waals surface area contributed by atoms with Crippen LogP contribution in [-0.2, 0) is 9.59 Å². The maximum atomic E-state index is 11.8. The number of hydrogen-bond donors (Lipinski definition) is 3. The summed E-state index contributed by atoms with van der Waals surface area (Å²) in [6.07, 6.45) is 4.90. The Kier molecular flexibility index (Phi) is 4.22. The number of carbonyl (C=O) groups excluding carboxylic acids is 2. The molecule has 122 valence electrons. The van der Waals surface area contributed by atoms with Gasteiger partial charge in [-0.3, -0.25) is 14.6 Å². The third-order valence-electron chi connectivity index (χ3n) is 4.72. The van der Waals surface area contributed by atoms with Gasteiger partial charge in [-0.2, -0.15) is 0 Å². The summed E-state index contributed by atoms with van der Waals surface area (Å²) in [4.78, 5) is 29.8. The third kappa shape index (κ3) is 3.51. The summed E-state index contributed by atoms with van der Waals surface area (Å²) in [5.41, 5.74) is 0.0310.